The van der Waals surface area contributed by atoms with Crippen molar-refractivity contribution in [1.29, 1.82) is 0 Å². The fourth-order valence-corrected chi connectivity index (χ4v) is 4.71. The second-order valence-electron chi connectivity index (χ2n) is 4.58. The fraction of sp³-hybridized carbons (Fsp3) is 0.286. The Balaban J connectivity index is 2.24. The standard InChI is InChI=1S/C14H16FNO3S2/c1-9-8-20-10(2)14(9)21(17,18)16-7-11-4-5-12(15)6-13(11)19-3/h4-6,8,16H,7H2,1-3H3. The maximum atomic E-state index is 13.1. The van der Waals surface area contributed by atoms with E-state index in [2.05, 4.69) is 4.72 Å². The van der Waals surface area contributed by atoms with Gasteiger partial charge in [-0.1, -0.05) is 6.07 Å². The molecular weight excluding hydrogens is 313 g/mol. The van der Waals surface area contributed by atoms with Crippen LogP contribution in [-0.4, -0.2) is 15.5 Å². The smallest absolute Gasteiger partial charge is 0.242 e. The third-order valence-corrected chi connectivity index (χ3v) is 5.91. The van der Waals surface area contributed by atoms with E-state index in [1.807, 2.05) is 5.38 Å². The topological polar surface area (TPSA) is 55.4 Å². The average molecular weight is 329 g/mol. The highest BCUT2D eigenvalue weighted by molar-refractivity contribution is 7.89. The van der Waals surface area contributed by atoms with Gasteiger partial charge in [-0.25, -0.2) is 17.5 Å². The second-order valence-corrected chi connectivity index (χ2v) is 7.37. The Labute approximate surface area is 127 Å². The molecule has 0 aliphatic carbocycles. The van der Waals surface area contributed by atoms with Gasteiger partial charge in [0, 0.05) is 23.1 Å². The highest BCUT2D eigenvalue weighted by Crippen LogP contribution is 2.26. The van der Waals surface area contributed by atoms with Crippen LogP contribution in [0.25, 0.3) is 0 Å². The number of hydrogen-bond donors (Lipinski definition) is 1. The Hall–Kier alpha value is -1.44. The Morgan fingerprint density at radius 1 is 1.33 bits per heavy atom. The lowest BCUT2D eigenvalue weighted by Crippen LogP contribution is -2.24. The molecule has 0 unspecified atom stereocenters. The van der Waals surface area contributed by atoms with E-state index >= 15 is 0 Å². The molecule has 2 rings (SSSR count). The molecule has 1 aromatic heterocycles. The molecule has 0 saturated carbocycles. The van der Waals surface area contributed by atoms with Gasteiger partial charge < -0.3 is 4.74 Å². The Morgan fingerprint density at radius 3 is 2.62 bits per heavy atom. The van der Waals surface area contributed by atoms with Crippen molar-refractivity contribution in [2.24, 2.45) is 0 Å². The first-order chi connectivity index (χ1) is 9.85. The van der Waals surface area contributed by atoms with E-state index < -0.39 is 15.8 Å². The largest absolute Gasteiger partial charge is 0.496 e. The molecule has 0 bridgehead atoms. The summed E-state index contributed by atoms with van der Waals surface area (Å²) in [6.45, 7) is 3.57. The Morgan fingerprint density at radius 2 is 2.05 bits per heavy atom. The molecule has 1 N–H and O–H groups in total. The Bertz CT molecular complexity index is 734. The van der Waals surface area contributed by atoms with E-state index in [1.54, 1.807) is 13.8 Å². The van der Waals surface area contributed by atoms with E-state index in [9.17, 15) is 12.8 Å². The molecule has 21 heavy (non-hydrogen) atoms. The van der Waals surface area contributed by atoms with Crippen LogP contribution in [0.15, 0.2) is 28.5 Å². The van der Waals surface area contributed by atoms with E-state index in [4.69, 9.17) is 4.74 Å². The van der Waals surface area contributed by atoms with Crippen LogP contribution in [-0.2, 0) is 16.6 Å². The van der Waals surface area contributed by atoms with Crippen molar-refractivity contribution in [2.75, 3.05) is 7.11 Å². The number of hydrogen-bond acceptors (Lipinski definition) is 4. The quantitative estimate of drug-likeness (QED) is 0.917. The number of ether oxygens (including phenoxy) is 1. The predicted molar refractivity (Wildman–Crippen MR) is 80.8 cm³/mol. The van der Waals surface area contributed by atoms with E-state index in [-0.39, 0.29) is 6.54 Å². The van der Waals surface area contributed by atoms with Crippen molar-refractivity contribution in [1.82, 2.24) is 4.72 Å². The zero-order valence-corrected chi connectivity index (χ0v) is 13.6. The van der Waals surface area contributed by atoms with Gasteiger partial charge in [0.2, 0.25) is 10.0 Å². The number of aryl methyl sites for hydroxylation is 2. The molecule has 7 heteroatoms. The summed E-state index contributed by atoms with van der Waals surface area (Å²) in [7, 11) is -2.18. The summed E-state index contributed by atoms with van der Waals surface area (Å²) < 4.78 is 45.4. The van der Waals surface area contributed by atoms with Crippen molar-refractivity contribution in [3.05, 3.63) is 45.4 Å². The van der Waals surface area contributed by atoms with Gasteiger partial charge in [-0.05, 0) is 30.9 Å². The molecule has 0 aliphatic heterocycles. The number of halogens is 1. The van der Waals surface area contributed by atoms with Crippen LogP contribution in [0.5, 0.6) is 5.75 Å². The Kier molecular flexibility index (Phi) is 4.65. The number of sulfonamides is 1. The molecule has 0 aliphatic rings. The molecule has 2 aromatic rings. The van der Waals surface area contributed by atoms with Crippen LogP contribution in [0.2, 0.25) is 0 Å². The predicted octanol–water partition coefficient (Wildman–Crippen LogP) is 2.99. The van der Waals surface area contributed by atoms with E-state index in [1.165, 1.54) is 36.6 Å². The average Bonchev–Trinajstić information content (AvgIpc) is 2.77. The minimum absolute atomic E-state index is 0.0422. The first-order valence-corrected chi connectivity index (χ1v) is 8.58. The summed E-state index contributed by atoms with van der Waals surface area (Å²) in [5, 5.41) is 1.81. The molecule has 114 valence electrons. The van der Waals surface area contributed by atoms with Gasteiger partial charge in [-0.3, -0.25) is 0 Å². The highest BCUT2D eigenvalue weighted by Gasteiger charge is 2.21. The molecule has 1 heterocycles. The first kappa shape index (κ1) is 15.9. The molecule has 0 fully saturated rings. The van der Waals surface area contributed by atoms with Crippen molar-refractivity contribution in [3.63, 3.8) is 0 Å². The molecule has 0 saturated heterocycles. The zero-order chi connectivity index (χ0) is 15.6. The minimum Gasteiger partial charge on any atom is -0.496 e. The van der Waals surface area contributed by atoms with Gasteiger partial charge in [0.15, 0.2) is 0 Å². The molecule has 0 radical (unpaired) electrons. The molecular formula is C14H16FNO3S2. The maximum Gasteiger partial charge on any atom is 0.242 e. The number of thiophene rings is 1. The van der Waals surface area contributed by atoms with Gasteiger partial charge >= 0.3 is 0 Å². The van der Waals surface area contributed by atoms with Crippen LogP contribution in [0, 0.1) is 19.7 Å². The first-order valence-electron chi connectivity index (χ1n) is 6.22. The van der Waals surface area contributed by atoms with Crippen molar-refractivity contribution in [3.8, 4) is 5.75 Å². The van der Waals surface area contributed by atoms with Gasteiger partial charge in [0.25, 0.3) is 0 Å². The molecule has 1 aromatic carbocycles. The van der Waals surface area contributed by atoms with E-state index in [0.29, 0.717) is 16.2 Å². The maximum absolute atomic E-state index is 13.1. The van der Waals surface area contributed by atoms with Crippen molar-refractivity contribution in [2.45, 2.75) is 25.3 Å². The van der Waals surface area contributed by atoms with Crippen LogP contribution in [0.4, 0.5) is 4.39 Å². The zero-order valence-electron chi connectivity index (χ0n) is 11.9. The van der Waals surface area contributed by atoms with Crippen molar-refractivity contribution >= 4 is 21.4 Å². The molecule has 0 spiro atoms. The summed E-state index contributed by atoms with van der Waals surface area (Å²) in [5.41, 5.74) is 1.30. The lowest BCUT2D eigenvalue weighted by Gasteiger charge is -2.11. The summed E-state index contributed by atoms with van der Waals surface area (Å²) in [5.74, 6) is -0.112. The third kappa shape index (κ3) is 3.42. The van der Waals surface area contributed by atoms with E-state index in [0.717, 1.165) is 10.4 Å². The summed E-state index contributed by atoms with van der Waals surface area (Å²) in [4.78, 5) is 1.06. The second kappa shape index (κ2) is 6.13. The fourth-order valence-electron chi connectivity index (χ4n) is 2.07. The third-order valence-electron chi connectivity index (χ3n) is 3.06. The summed E-state index contributed by atoms with van der Waals surface area (Å²) in [6.07, 6.45) is 0. The lowest BCUT2D eigenvalue weighted by molar-refractivity contribution is 0.405. The number of methoxy groups -OCH3 is 1. The van der Waals surface area contributed by atoms with Gasteiger partial charge in [-0.15, -0.1) is 11.3 Å². The van der Waals surface area contributed by atoms with Gasteiger partial charge in [-0.2, -0.15) is 0 Å². The van der Waals surface area contributed by atoms with Crippen molar-refractivity contribution < 1.29 is 17.5 Å². The number of rotatable bonds is 5. The van der Waals surface area contributed by atoms with Gasteiger partial charge in [0.1, 0.15) is 11.6 Å². The van der Waals surface area contributed by atoms with Crippen LogP contribution >= 0.6 is 11.3 Å². The molecule has 0 atom stereocenters. The number of nitrogens with one attached hydrogen (secondary N) is 1. The summed E-state index contributed by atoms with van der Waals surface area (Å²) >= 11 is 1.40. The SMILES string of the molecule is COc1cc(F)ccc1CNS(=O)(=O)c1c(C)csc1C. The van der Waals surface area contributed by atoms with Gasteiger partial charge in [0.05, 0.1) is 12.0 Å². The summed E-state index contributed by atoms with van der Waals surface area (Å²) in [6, 6.07) is 4.00. The normalized spacial score (nSPS) is 11.6. The molecule has 4 nitrogen and oxygen atoms in total. The van der Waals surface area contributed by atoms with Crippen LogP contribution in [0.3, 0.4) is 0 Å². The monoisotopic (exact) mass is 329 g/mol. The minimum atomic E-state index is -3.60. The van der Waals surface area contributed by atoms with Crippen LogP contribution < -0.4 is 9.46 Å². The lowest BCUT2D eigenvalue weighted by atomic mass is 10.2. The van der Waals surface area contributed by atoms with Crippen LogP contribution in [0.1, 0.15) is 16.0 Å². The number of benzene rings is 1. The molecule has 0 amide bonds. The highest BCUT2D eigenvalue weighted by atomic mass is 32.2.